The molecule has 0 radical (unpaired) electrons. The molecule has 26 heavy (non-hydrogen) atoms. The average Bonchev–Trinajstić information content (AvgIpc) is 3.27. The molecule has 7 nitrogen and oxygen atoms in total. The van der Waals surface area contributed by atoms with Gasteiger partial charge in [0.2, 0.25) is 0 Å². The molecule has 7 heteroatoms. The van der Waals surface area contributed by atoms with E-state index in [1.54, 1.807) is 0 Å². The Morgan fingerprint density at radius 3 is 2.65 bits per heavy atom. The number of aromatic nitrogens is 4. The molecule has 2 fully saturated rings. The van der Waals surface area contributed by atoms with Crippen molar-refractivity contribution >= 4 is 16.9 Å². The number of rotatable bonds is 3. The summed E-state index contributed by atoms with van der Waals surface area (Å²) in [6, 6.07) is 6.45. The van der Waals surface area contributed by atoms with E-state index in [1.807, 2.05) is 16.9 Å². The van der Waals surface area contributed by atoms with Gasteiger partial charge in [-0.2, -0.15) is 10.1 Å². The molecule has 0 amide bonds. The molecule has 1 spiro atoms. The van der Waals surface area contributed by atoms with Gasteiger partial charge in [-0.05, 0) is 50.4 Å². The van der Waals surface area contributed by atoms with Gasteiger partial charge in [0.1, 0.15) is 0 Å². The van der Waals surface area contributed by atoms with Crippen LogP contribution in [0.15, 0.2) is 28.9 Å². The molecule has 0 N–H and O–H groups in total. The van der Waals surface area contributed by atoms with Crippen LogP contribution in [-0.4, -0.2) is 45.2 Å². The van der Waals surface area contributed by atoms with E-state index < -0.39 is 0 Å². The van der Waals surface area contributed by atoms with Gasteiger partial charge in [0.15, 0.2) is 0 Å². The van der Waals surface area contributed by atoms with E-state index in [0.717, 1.165) is 49.0 Å². The van der Waals surface area contributed by atoms with Crippen LogP contribution in [-0.2, 0) is 4.74 Å². The van der Waals surface area contributed by atoms with Crippen molar-refractivity contribution in [1.29, 1.82) is 0 Å². The van der Waals surface area contributed by atoms with Crippen LogP contribution in [0.1, 0.15) is 39.2 Å². The summed E-state index contributed by atoms with van der Waals surface area (Å²) in [5, 5.41) is 9.79. The fraction of sp³-hybridized carbons (Fsp3) is 0.526. The summed E-state index contributed by atoms with van der Waals surface area (Å²) in [7, 11) is 0. The fourth-order valence-corrected chi connectivity index (χ4v) is 3.94. The van der Waals surface area contributed by atoms with Crippen molar-refractivity contribution in [2.24, 2.45) is 0 Å². The molecule has 1 aromatic carbocycles. The monoisotopic (exact) mass is 353 g/mol. The zero-order valence-electron chi connectivity index (χ0n) is 15.2. The highest BCUT2D eigenvalue weighted by molar-refractivity contribution is 5.83. The zero-order valence-corrected chi connectivity index (χ0v) is 15.2. The lowest BCUT2D eigenvalue weighted by Gasteiger charge is -2.47. The first kappa shape index (κ1) is 15.8. The molecule has 0 bridgehead atoms. The van der Waals surface area contributed by atoms with Crippen molar-refractivity contribution in [3.8, 4) is 11.5 Å². The fourth-order valence-electron chi connectivity index (χ4n) is 3.94. The number of hydrogen-bond acceptors (Lipinski definition) is 6. The minimum Gasteiger partial charge on any atom is -0.375 e. The molecule has 0 aliphatic carbocycles. The molecule has 3 aromatic rings. The van der Waals surface area contributed by atoms with Crippen LogP contribution in [0.3, 0.4) is 0 Å². The molecule has 2 aliphatic heterocycles. The van der Waals surface area contributed by atoms with Crippen LogP contribution in [0.2, 0.25) is 0 Å². The third-order valence-corrected chi connectivity index (χ3v) is 5.67. The highest BCUT2D eigenvalue weighted by Gasteiger charge is 2.41. The number of benzene rings is 1. The smallest absolute Gasteiger partial charge is 0.266 e. The van der Waals surface area contributed by atoms with Crippen LogP contribution < -0.4 is 4.90 Å². The predicted octanol–water partition coefficient (Wildman–Crippen LogP) is 3.43. The molecule has 0 saturated carbocycles. The number of hydrogen-bond donors (Lipinski definition) is 0. The third-order valence-electron chi connectivity index (χ3n) is 5.67. The summed E-state index contributed by atoms with van der Waals surface area (Å²) in [4.78, 5) is 6.83. The molecule has 136 valence electrons. The first-order chi connectivity index (χ1) is 12.6. The van der Waals surface area contributed by atoms with Crippen LogP contribution in [0.5, 0.6) is 0 Å². The Bertz CT molecular complexity index is 930. The van der Waals surface area contributed by atoms with Crippen molar-refractivity contribution in [2.45, 2.75) is 44.8 Å². The number of fused-ring (bicyclic) bond motifs is 1. The highest BCUT2D eigenvalue weighted by Crippen LogP contribution is 2.37. The van der Waals surface area contributed by atoms with Crippen LogP contribution in [0.4, 0.5) is 5.95 Å². The van der Waals surface area contributed by atoms with Crippen molar-refractivity contribution in [1.82, 2.24) is 19.9 Å². The largest absolute Gasteiger partial charge is 0.375 e. The van der Waals surface area contributed by atoms with Gasteiger partial charge in [0.25, 0.3) is 11.8 Å². The van der Waals surface area contributed by atoms with Crippen LogP contribution in [0, 0.1) is 0 Å². The minimum absolute atomic E-state index is 0.128. The second-order valence-electron chi connectivity index (χ2n) is 7.62. The summed E-state index contributed by atoms with van der Waals surface area (Å²) < 4.78 is 13.4. The zero-order chi connectivity index (χ0) is 17.7. The SMILES string of the molecule is CC(C)n1ncc2ccc(-c3nc(N4CCC5(CCO5)CC4)no3)cc21. The van der Waals surface area contributed by atoms with Gasteiger partial charge < -0.3 is 14.2 Å². The molecular weight excluding hydrogens is 330 g/mol. The Kier molecular flexibility index (Phi) is 3.53. The van der Waals surface area contributed by atoms with Crippen molar-refractivity contribution in [2.75, 3.05) is 24.6 Å². The van der Waals surface area contributed by atoms with E-state index in [2.05, 4.69) is 46.1 Å². The van der Waals surface area contributed by atoms with E-state index in [4.69, 9.17) is 9.26 Å². The molecule has 0 unspecified atom stereocenters. The molecule has 2 aromatic heterocycles. The average molecular weight is 353 g/mol. The Morgan fingerprint density at radius 2 is 1.96 bits per heavy atom. The van der Waals surface area contributed by atoms with Gasteiger partial charge in [-0.1, -0.05) is 6.07 Å². The van der Waals surface area contributed by atoms with E-state index in [9.17, 15) is 0 Å². The first-order valence-corrected chi connectivity index (χ1v) is 9.34. The maximum atomic E-state index is 5.78. The van der Waals surface area contributed by atoms with Gasteiger partial charge in [-0.15, -0.1) is 0 Å². The molecular formula is C19H23N5O2. The second-order valence-corrected chi connectivity index (χ2v) is 7.62. The summed E-state index contributed by atoms with van der Waals surface area (Å²) >= 11 is 0. The van der Waals surface area contributed by atoms with Crippen LogP contribution >= 0.6 is 0 Å². The second kappa shape index (κ2) is 5.81. The van der Waals surface area contributed by atoms with E-state index in [-0.39, 0.29) is 5.60 Å². The summed E-state index contributed by atoms with van der Waals surface area (Å²) in [5.74, 6) is 1.23. The molecule has 0 atom stereocenters. The maximum absolute atomic E-state index is 5.78. The lowest BCUT2D eigenvalue weighted by atomic mass is 9.84. The minimum atomic E-state index is 0.128. The molecule has 5 rings (SSSR count). The lowest BCUT2D eigenvalue weighted by molar-refractivity contribution is -0.158. The summed E-state index contributed by atoms with van der Waals surface area (Å²) in [5.41, 5.74) is 2.14. The molecule has 4 heterocycles. The number of anilines is 1. The molecule has 2 saturated heterocycles. The Hall–Kier alpha value is -2.41. The Labute approximate surface area is 151 Å². The van der Waals surface area contributed by atoms with Gasteiger partial charge in [0, 0.05) is 30.1 Å². The van der Waals surface area contributed by atoms with Crippen molar-refractivity contribution in [3.63, 3.8) is 0 Å². The van der Waals surface area contributed by atoms with Crippen molar-refractivity contribution in [3.05, 3.63) is 24.4 Å². The summed E-state index contributed by atoms with van der Waals surface area (Å²) in [6.45, 7) is 6.98. The Morgan fingerprint density at radius 1 is 1.15 bits per heavy atom. The third kappa shape index (κ3) is 2.49. The normalized spacial score (nSPS) is 19.4. The predicted molar refractivity (Wildman–Crippen MR) is 98.2 cm³/mol. The van der Waals surface area contributed by atoms with E-state index in [0.29, 0.717) is 17.9 Å². The number of ether oxygens (including phenoxy) is 1. The standard InChI is InChI=1S/C19H23N5O2/c1-13(2)24-16-11-14(3-4-15(16)12-20-24)17-21-18(22-26-17)23-8-5-19(6-9-23)7-10-25-19/h3-4,11-13H,5-10H2,1-2H3. The highest BCUT2D eigenvalue weighted by atomic mass is 16.5. The number of nitrogens with zero attached hydrogens (tertiary/aromatic N) is 5. The number of piperidine rings is 1. The van der Waals surface area contributed by atoms with Gasteiger partial charge in [-0.3, -0.25) is 4.68 Å². The van der Waals surface area contributed by atoms with Gasteiger partial charge >= 0.3 is 0 Å². The van der Waals surface area contributed by atoms with Crippen molar-refractivity contribution < 1.29 is 9.26 Å². The van der Waals surface area contributed by atoms with E-state index >= 15 is 0 Å². The Balaban J connectivity index is 1.39. The van der Waals surface area contributed by atoms with Crippen LogP contribution in [0.25, 0.3) is 22.4 Å². The molecule has 2 aliphatic rings. The quantitative estimate of drug-likeness (QED) is 0.718. The first-order valence-electron chi connectivity index (χ1n) is 9.34. The maximum Gasteiger partial charge on any atom is 0.266 e. The van der Waals surface area contributed by atoms with Gasteiger partial charge in [-0.25, -0.2) is 0 Å². The topological polar surface area (TPSA) is 69.2 Å². The summed E-state index contributed by atoms with van der Waals surface area (Å²) in [6.07, 6.45) is 5.15. The lowest BCUT2D eigenvalue weighted by Crippen LogP contribution is -2.52. The van der Waals surface area contributed by atoms with Gasteiger partial charge in [0.05, 0.1) is 23.9 Å². The van der Waals surface area contributed by atoms with E-state index in [1.165, 1.54) is 6.42 Å².